The molecule has 5 nitrogen and oxygen atoms in total. The van der Waals surface area contributed by atoms with Gasteiger partial charge in [0.2, 0.25) is 10.0 Å². The van der Waals surface area contributed by atoms with E-state index in [1.807, 2.05) is 24.3 Å². The van der Waals surface area contributed by atoms with Crippen LogP contribution in [0.1, 0.15) is 31.2 Å². The third-order valence-corrected chi connectivity index (χ3v) is 7.75. The van der Waals surface area contributed by atoms with Gasteiger partial charge in [0.25, 0.3) is 0 Å². The highest BCUT2D eigenvalue weighted by Gasteiger charge is 2.35. The van der Waals surface area contributed by atoms with Crippen LogP contribution in [0.2, 0.25) is 0 Å². The van der Waals surface area contributed by atoms with Gasteiger partial charge in [-0.05, 0) is 67.7 Å². The maximum Gasteiger partial charge on any atom is 0.243 e. The Bertz CT molecular complexity index is 956. The Morgan fingerprint density at radius 1 is 0.857 bits per heavy atom. The minimum atomic E-state index is -3.46. The molecule has 1 atom stereocenters. The van der Waals surface area contributed by atoms with Crippen molar-refractivity contribution in [1.29, 1.82) is 5.26 Å². The van der Waals surface area contributed by atoms with Crippen LogP contribution in [0.15, 0.2) is 53.4 Å². The van der Waals surface area contributed by atoms with E-state index in [9.17, 15) is 8.42 Å². The van der Waals surface area contributed by atoms with Gasteiger partial charge in [-0.25, -0.2) is 8.42 Å². The summed E-state index contributed by atoms with van der Waals surface area (Å²) in [5.74, 6) is 0. The highest BCUT2D eigenvalue weighted by atomic mass is 32.2. The molecule has 0 aromatic heterocycles. The largest absolute Gasteiger partial charge is 0.299 e. The standard InChI is InChI=1S/C22H25N3O2S/c23-16-18-4-6-19(7-5-18)20-8-10-22(11-9-20)28(26,27)25-15-12-21(17-25)24-13-2-1-3-14-24/h4-11,21H,1-3,12-15,17H2. The normalized spacial score (nSPS) is 21.5. The van der Waals surface area contributed by atoms with E-state index in [-0.39, 0.29) is 0 Å². The van der Waals surface area contributed by atoms with Gasteiger partial charge in [0.05, 0.1) is 16.5 Å². The van der Waals surface area contributed by atoms with Crippen LogP contribution < -0.4 is 0 Å². The number of hydrogen-bond donors (Lipinski definition) is 0. The van der Waals surface area contributed by atoms with E-state index in [1.54, 1.807) is 28.6 Å². The molecule has 0 bridgehead atoms. The topological polar surface area (TPSA) is 64.4 Å². The van der Waals surface area contributed by atoms with Crippen molar-refractivity contribution in [3.63, 3.8) is 0 Å². The fourth-order valence-electron chi connectivity index (χ4n) is 4.22. The average molecular weight is 396 g/mol. The van der Waals surface area contributed by atoms with Gasteiger partial charge < -0.3 is 0 Å². The lowest BCUT2D eigenvalue weighted by molar-refractivity contribution is 0.169. The molecule has 0 N–H and O–H groups in total. The molecule has 28 heavy (non-hydrogen) atoms. The number of nitrogens with zero attached hydrogens (tertiary/aromatic N) is 3. The Kier molecular flexibility index (Phi) is 5.49. The van der Waals surface area contributed by atoms with Crippen LogP contribution in [-0.4, -0.2) is 49.8 Å². The molecule has 0 spiro atoms. The van der Waals surface area contributed by atoms with Gasteiger partial charge in [0.15, 0.2) is 0 Å². The van der Waals surface area contributed by atoms with Crippen molar-refractivity contribution in [2.75, 3.05) is 26.2 Å². The first-order valence-electron chi connectivity index (χ1n) is 9.93. The van der Waals surface area contributed by atoms with E-state index in [0.29, 0.717) is 29.6 Å². The smallest absolute Gasteiger partial charge is 0.243 e. The van der Waals surface area contributed by atoms with E-state index in [2.05, 4.69) is 11.0 Å². The highest BCUT2D eigenvalue weighted by Crippen LogP contribution is 2.27. The molecule has 4 rings (SSSR count). The van der Waals surface area contributed by atoms with E-state index >= 15 is 0 Å². The summed E-state index contributed by atoms with van der Waals surface area (Å²) in [4.78, 5) is 2.82. The summed E-state index contributed by atoms with van der Waals surface area (Å²) in [6.45, 7) is 3.39. The molecule has 2 heterocycles. The molecule has 6 heteroatoms. The molecule has 2 aliphatic rings. The van der Waals surface area contributed by atoms with Gasteiger partial charge in [-0.15, -0.1) is 0 Å². The maximum absolute atomic E-state index is 13.1. The van der Waals surface area contributed by atoms with Crippen molar-refractivity contribution in [3.05, 3.63) is 54.1 Å². The number of piperidine rings is 1. The lowest BCUT2D eigenvalue weighted by Crippen LogP contribution is -2.41. The summed E-state index contributed by atoms with van der Waals surface area (Å²) in [6, 6.07) is 16.8. The minimum absolute atomic E-state index is 0.351. The summed E-state index contributed by atoms with van der Waals surface area (Å²) in [6.07, 6.45) is 4.65. The Balaban J connectivity index is 1.47. The SMILES string of the molecule is N#Cc1ccc(-c2ccc(S(=O)(=O)N3CCC(N4CCCCC4)C3)cc2)cc1. The Morgan fingerprint density at radius 2 is 1.46 bits per heavy atom. The predicted molar refractivity (Wildman–Crippen MR) is 109 cm³/mol. The minimum Gasteiger partial charge on any atom is -0.299 e. The van der Waals surface area contributed by atoms with E-state index < -0.39 is 10.0 Å². The van der Waals surface area contributed by atoms with Crippen molar-refractivity contribution < 1.29 is 8.42 Å². The lowest BCUT2D eigenvalue weighted by Gasteiger charge is -2.32. The van der Waals surface area contributed by atoms with Crippen LogP contribution >= 0.6 is 0 Å². The average Bonchev–Trinajstić information content (AvgIpc) is 3.26. The van der Waals surface area contributed by atoms with Crippen LogP contribution in [0, 0.1) is 11.3 Å². The third kappa shape index (κ3) is 3.83. The van der Waals surface area contributed by atoms with Gasteiger partial charge in [-0.2, -0.15) is 9.57 Å². The van der Waals surface area contributed by atoms with E-state index in [1.165, 1.54) is 19.3 Å². The molecule has 1 unspecified atom stereocenters. The number of sulfonamides is 1. The first-order chi connectivity index (χ1) is 13.6. The summed E-state index contributed by atoms with van der Waals surface area (Å²) < 4.78 is 27.8. The number of nitriles is 1. The van der Waals surface area contributed by atoms with Gasteiger partial charge in [-0.3, -0.25) is 4.90 Å². The lowest BCUT2D eigenvalue weighted by atomic mass is 10.0. The fraction of sp³-hybridized carbons (Fsp3) is 0.409. The highest BCUT2D eigenvalue weighted by molar-refractivity contribution is 7.89. The molecule has 2 fully saturated rings. The molecule has 2 aliphatic heterocycles. The van der Waals surface area contributed by atoms with Crippen LogP contribution in [-0.2, 0) is 10.0 Å². The molecule has 2 aromatic carbocycles. The van der Waals surface area contributed by atoms with E-state index in [4.69, 9.17) is 5.26 Å². The van der Waals surface area contributed by atoms with Crippen LogP contribution in [0.3, 0.4) is 0 Å². The first-order valence-corrected chi connectivity index (χ1v) is 11.4. The molecule has 2 saturated heterocycles. The predicted octanol–water partition coefficient (Wildman–Crippen LogP) is 3.47. The van der Waals surface area contributed by atoms with Gasteiger partial charge >= 0.3 is 0 Å². The van der Waals surface area contributed by atoms with Crippen molar-refractivity contribution >= 4 is 10.0 Å². The van der Waals surface area contributed by atoms with Crippen LogP contribution in [0.25, 0.3) is 11.1 Å². The molecule has 0 aliphatic carbocycles. The first kappa shape index (κ1) is 19.1. The maximum atomic E-state index is 13.1. The van der Waals surface area contributed by atoms with Gasteiger partial charge in [0.1, 0.15) is 0 Å². The van der Waals surface area contributed by atoms with E-state index in [0.717, 1.165) is 30.6 Å². The summed E-state index contributed by atoms with van der Waals surface area (Å²) in [7, 11) is -3.46. The molecule has 0 saturated carbocycles. The second kappa shape index (κ2) is 8.04. The molecule has 2 aromatic rings. The molecular formula is C22H25N3O2S. The van der Waals surface area contributed by atoms with Crippen molar-refractivity contribution in [2.45, 2.75) is 36.6 Å². The fourth-order valence-corrected chi connectivity index (χ4v) is 5.71. The number of benzene rings is 2. The second-order valence-electron chi connectivity index (χ2n) is 7.62. The van der Waals surface area contributed by atoms with Crippen molar-refractivity contribution in [2.24, 2.45) is 0 Å². The Labute approximate surface area is 167 Å². The summed E-state index contributed by atoms with van der Waals surface area (Å²) in [5.41, 5.74) is 2.52. The molecular weight excluding hydrogens is 370 g/mol. The third-order valence-electron chi connectivity index (χ3n) is 5.87. The van der Waals surface area contributed by atoms with Crippen LogP contribution in [0.4, 0.5) is 0 Å². The van der Waals surface area contributed by atoms with Crippen molar-refractivity contribution in [1.82, 2.24) is 9.21 Å². The summed E-state index contributed by atoms with van der Waals surface area (Å²) >= 11 is 0. The number of hydrogen-bond acceptors (Lipinski definition) is 4. The zero-order valence-corrected chi connectivity index (χ0v) is 16.7. The molecule has 0 radical (unpaired) electrons. The molecule has 146 valence electrons. The van der Waals surface area contributed by atoms with Crippen molar-refractivity contribution in [3.8, 4) is 17.2 Å². The second-order valence-corrected chi connectivity index (χ2v) is 9.55. The van der Waals surface area contributed by atoms with Crippen LogP contribution in [0.5, 0.6) is 0 Å². The zero-order valence-electron chi connectivity index (χ0n) is 15.9. The van der Waals surface area contributed by atoms with Gasteiger partial charge in [-0.1, -0.05) is 30.7 Å². The number of rotatable bonds is 4. The Morgan fingerprint density at radius 3 is 2.07 bits per heavy atom. The molecule has 0 amide bonds. The zero-order chi connectivity index (χ0) is 19.6. The Hall–Kier alpha value is -2.20. The number of likely N-dealkylation sites (tertiary alicyclic amines) is 1. The van der Waals surface area contributed by atoms with Gasteiger partial charge in [0, 0.05) is 19.1 Å². The monoisotopic (exact) mass is 395 g/mol. The quantitative estimate of drug-likeness (QED) is 0.795. The summed E-state index contributed by atoms with van der Waals surface area (Å²) in [5, 5.41) is 8.91.